The van der Waals surface area contributed by atoms with Crippen molar-refractivity contribution in [2.75, 3.05) is 26.2 Å². The maximum Gasteiger partial charge on any atom is 0.273 e. The van der Waals surface area contributed by atoms with Crippen LogP contribution in [0.25, 0.3) is 0 Å². The van der Waals surface area contributed by atoms with E-state index < -0.39 is 0 Å². The standard InChI is InChI=1S/C16H18BrN3O2S/c17-16-6-5-14(23-16)12-19-9-7-18(8-10-19)11-13-3-1-2-4-15(13)20(21)22/h1-6H,7-12H2. The maximum atomic E-state index is 11.1. The van der Waals surface area contributed by atoms with Crippen molar-refractivity contribution in [3.63, 3.8) is 0 Å². The Morgan fingerprint density at radius 2 is 1.70 bits per heavy atom. The number of piperazine rings is 1. The lowest BCUT2D eigenvalue weighted by Crippen LogP contribution is -2.45. The molecule has 0 saturated carbocycles. The van der Waals surface area contributed by atoms with E-state index in [1.165, 1.54) is 8.66 Å². The Kier molecular flexibility index (Phi) is 5.42. The van der Waals surface area contributed by atoms with Crippen molar-refractivity contribution in [1.29, 1.82) is 0 Å². The van der Waals surface area contributed by atoms with Crippen molar-refractivity contribution in [3.05, 3.63) is 60.7 Å². The second-order valence-corrected chi connectivity index (χ2v) is 8.19. The molecular formula is C16H18BrN3O2S. The van der Waals surface area contributed by atoms with Gasteiger partial charge in [0, 0.05) is 55.8 Å². The molecule has 1 aliphatic rings. The summed E-state index contributed by atoms with van der Waals surface area (Å²) in [5.41, 5.74) is 1.02. The lowest BCUT2D eigenvalue weighted by atomic mass is 10.1. The van der Waals surface area contributed by atoms with Gasteiger partial charge >= 0.3 is 0 Å². The Morgan fingerprint density at radius 1 is 1.04 bits per heavy atom. The van der Waals surface area contributed by atoms with E-state index in [-0.39, 0.29) is 10.6 Å². The smallest absolute Gasteiger partial charge is 0.273 e. The summed E-state index contributed by atoms with van der Waals surface area (Å²) >= 11 is 5.28. The molecule has 23 heavy (non-hydrogen) atoms. The lowest BCUT2D eigenvalue weighted by molar-refractivity contribution is -0.385. The summed E-state index contributed by atoms with van der Waals surface area (Å²) < 4.78 is 1.17. The number of nitro benzene ring substituents is 1. The van der Waals surface area contributed by atoms with Crippen LogP contribution >= 0.6 is 27.3 Å². The summed E-state index contributed by atoms with van der Waals surface area (Å²) in [6.07, 6.45) is 0. The predicted molar refractivity (Wildman–Crippen MR) is 95.7 cm³/mol. The van der Waals surface area contributed by atoms with Gasteiger partial charge in [0.15, 0.2) is 0 Å². The van der Waals surface area contributed by atoms with Gasteiger partial charge in [-0.3, -0.25) is 19.9 Å². The van der Waals surface area contributed by atoms with Crippen LogP contribution in [0.1, 0.15) is 10.4 Å². The molecule has 1 aliphatic heterocycles. The minimum Gasteiger partial charge on any atom is -0.296 e. The van der Waals surface area contributed by atoms with Crippen LogP contribution in [0, 0.1) is 10.1 Å². The number of thiophene rings is 1. The highest BCUT2D eigenvalue weighted by Crippen LogP contribution is 2.24. The molecule has 3 rings (SSSR count). The molecule has 0 radical (unpaired) electrons. The lowest BCUT2D eigenvalue weighted by Gasteiger charge is -2.34. The van der Waals surface area contributed by atoms with E-state index in [0.717, 1.165) is 38.3 Å². The first kappa shape index (κ1) is 16.6. The van der Waals surface area contributed by atoms with Crippen LogP contribution in [-0.2, 0) is 13.1 Å². The van der Waals surface area contributed by atoms with Crippen LogP contribution in [0.4, 0.5) is 5.69 Å². The zero-order valence-electron chi connectivity index (χ0n) is 12.7. The first-order valence-electron chi connectivity index (χ1n) is 7.53. The van der Waals surface area contributed by atoms with Crippen LogP contribution in [-0.4, -0.2) is 40.9 Å². The van der Waals surface area contributed by atoms with Crippen molar-refractivity contribution >= 4 is 33.0 Å². The molecule has 2 heterocycles. The Bertz CT molecular complexity index is 683. The summed E-state index contributed by atoms with van der Waals surface area (Å²) in [5.74, 6) is 0. The van der Waals surface area contributed by atoms with Crippen LogP contribution < -0.4 is 0 Å². The second kappa shape index (κ2) is 7.53. The predicted octanol–water partition coefficient (Wildman–Crippen LogP) is 3.74. The fraction of sp³-hybridized carbons (Fsp3) is 0.375. The van der Waals surface area contributed by atoms with E-state index in [1.54, 1.807) is 23.5 Å². The number of rotatable bonds is 5. The number of benzene rings is 1. The van der Waals surface area contributed by atoms with Crippen molar-refractivity contribution in [2.45, 2.75) is 13.1 Å². The minimum absolute atomic E-state index is 0.221. The average Bonchev–Trinajstić information content (AvgIpc) is 2.95. The van der Waals surface area contributed by atoms with Gasteiger partial charge in [-0.2, -0.15) is 0 Å². The van der Waals surface area contributed by atoms with Gasteiger partial charge in [-0.15, -0.1) is 11.3 Å². The van der Waals surface area contributed by atoms with Gasteiger partial charge in [0.05, 0.1) is 8.71 Å². The van der Waals surface area contributed by atoms with E-state index in [0.29, 0.717) is 6.54 Å². The highest BCUT2D eigenvalue weighted by molar-refractivity contribution is 9.11. The van der Waals surface area contributed by atoms with E-state index in [2.05, 4.69) is 37.9 Å². The van der Waals surface area contributed by atoms with E-state index >= 15 is 0 Å². The number of nitro groups is 1. The third-order valence-electron chi connectivity index (χ3n) is 4.06. The Balaban J connectivity index is 1.54. The van der Waals surface area contributed by atoms with Crippen molar-refractivity contribution in [1.82, 2.24) is 9.80 Å². The molecule has 0 amide bonds. The zero-order chi connectivity index (χ0) is 16.2. The third-order valence-corrected chi connectivity index (χ3v) is 5.66. The second-order valence-electron chi connectivity index (χ2n) is 5.64. The molecule has 0 aliphatic carbocycles. The summed E-state index contributed by atoms with van der Waals surface area (Å²) in [7, 11) is 0. The highest BCUT2D eigenvalue weighted by atomic mass is 79.9. The first-order chi connectivity index (χ1) is 11.1. The molecule has 1 aromatic heterocycles. The van der Waals surface area contributed by atoms with Gasteiger partial charge in [0.2, 0.25) is 0 Å². The monoisotopic (exact) mass is 395 g/mol. The molecule has 0 N–H and O–H groups in total. The fourth-order valence-corrected chi connectivity index (χ4v) is 4.35. The molecule has 5 nitrogen and oxygen atoms in total. The SMILES string of the molecule is O=[N+]([O-])c1ccccc1CN1CCN(Cc2ccc(Br)s2)CC1. The number of nitrogens with zero attached hydrogens (tertiary/aromatic N) is 3. The molecule has 2 aromatic rings. The highest BCUT2D eigenvalue weighted by Gasteiger charge is 2.20. The number of hydrogen-bond acceptors (Lipinski definition) is 5. The zero-order valence-corrected chi connectivity index (χ0v) is 15.1. The van der Waals surface area contributed by atoms with Crippen LogP contribution in [0.15, 0.2) is 40.2 Å². The molecule has 122 valence electrons. The van der Waals surface area contributed by atoms with Crippen LogP contribution in [0.5, 0.6) is 0 Å². The molecule has 7 heteroatoms. The van der Waals surface area contributed by atoms with Gasteiger partial charge in [-0.1, -0.05) is 18.2 Å². The fourth-order valence-electron chi connectivity index (χ4n) is 2.83. The van der Waals surface area contributed by atoms with Crippen molar-refractivity contribution in [2.24, 2.45) is 0 Å². The average molecular weight is 396 g/mol. The third kappa shape index (κ3) is 4.38. The van der Waals surface area contributed by atoms with E-state index in [4.69, 9.17) is 0 Å². The summed E-state index contributed by atoms with van der Waals surface area (Å²) in [6.45, 7) is 5.51. The molecule has 1 aromatic carbocycles. The summed E-state index contributed by atoms with van der Waals surface area (Å²) in [4.78, 5) is 16.9. The molecule has 0 unspecified atom stereocenters. The maximum absolute atomic E-state index is 11.1. The normalized spacial score (nSPS) is 16.6. The molecule has 1 saturated heterocycles. The van der Waals surface area contributed by atoms with Gasteiger partial charge in [-0.25, -0.2) is 0 Å². The summed E-state index contributed by atoms with van der Waals surface area (Å²) in [5, 5.41) is 11.1. The number of halogens is 1. The molecule has 1 fully saturated rings. The first-order valence-corrected chi connectivity index (χ1v) is 9.14. The Hall–Kier alpha value is -1.28. The van der Waals surface area contributed by atoms with Crippen molar-refractivity contribution in [3.8, 4) is 0 Å². The van der Waals surface area contributed by atoms with E-state index in [9.17, 15) is 10.1 Å². The molecule has 0 atom stereocenters. The quantitative estimate of drug-likeness (QED) is 0.571. The summed E-state index contributed by atoms with van der Waals surface area (Å²) in [6, 6.07) is 11.3. The molecule has 0 bridgehead atoms. The van der Waals surface area contributed by atoms with Gasteiger partial charge in [0.25, 0.3) is 5.69 Å². The largest absolute Gasteiger partial charge is 0.296 e. The minimum atomic E-state index is -0.291. The van der Waals surface area contributed by atoms with Gasteiger partial charge in [-0.05, 0) is 28.1 Å². The Morgan fingerprint density at radius 3 is 2.30 bits per heavy atom. The number of hydrogen-bond donors (Lipinski definition) is 0. The number of para-hydroxylation sites is 1. The molecule has 0 spiro atoms. The van der Waals surface area contributed by atoms with Crippen molar-refractivity contribution < 1.29 is 4.92 Å². The van der Waals surface area contributed by atoms with Gasteiger partial charge in [0.1, 0.15) is 0 Å². The Labute approximate surface area is 147 Å². The topological polar surface area (TPSA) is 49.6 Å². The molecular weight excluding hydrogens is 378 g/mol. The van der Waals surface area contributed by atoms with Crippen LogP contribution in [0.3, 0.4) is 0 Å². The van der Waals surface area contributed by atoms with Gasteiger partial charge < -0.3 is 0 Å². The van der Waals surface area contributed by atoms with Crippen LogP contribution in [0.2, 0.25) is 0 Å². The van der Waals surface area contributed by atoms with E-state index in [1.807, 2.05) is 12.1 Å².